The molecular formula is C26H22O5. The molecule has 0 heterocycles. The van der Waals surface area contributed by atoms with Gasteiger partial charge >= 0.3 is 11.9 Å². The van der Waals surface area contributed by atoms with E-state index in [1.165, 1.54) is 0 Å². The van der Waals surface area contributed by atoms with Gasteiger partial charge in [0.25, 0.3) is 0 Å². The molecule has 0 fully saturated rings. The lowest BCUT2D eigenvalue weighted by molar-refractivity contribution is 0.0400. The number of rotatable bonds is 6. The van der Waals surface area contributed by atoms with E-state index in [1.54, 1.807) is 24.3 Å². The molecule has 0 N–H and O–H groups in total. The molecule has 4 aromatic carbocycles. The second kappa shape index (κ2) is 8.88. The molecular weight excluding hydrogens is 392 g/mol. The number of ether oxygens (including phenoxy) is 3. The van der Waals surface area contributed by atoms with Gasteiger partial charge < -0.3 is 14.2 Å². The van der Waals surface area contributed by atoms with Crippen LogP contribution in [0.4, 0.5) is 0 Å². The summed E-state index contributed by atoms with van der Waals surface area (Å²) in [6.45, 7) is 4.82. The molecule has 0 radical (unpaired) electrons. The molecule has 0 aromatic heterocycles. The number of fused-ring (bicyclic) bond motifs is 2. The molecule has 156 valence electrons. The third-order valence-corrected chi connectivity index (χ3v) is 4.99. The van der Waals surface area contributed by atoms with Crippen molar-refractivity contribution >= 4 is 33.5 Å². The van der Waals surface area contributed by atoms with Gasteiger partial charge in [-0.3, -0.25) is 0 Å². The Morgan fingerprint density at radius 1 is 0.581 bits per heavy atom. The number of hydrogen-bond acceptors (Lipinski definition) is 5. The molecule has 0 aliphatic carbocycles. The Hall–Kier alpha value is -3.86. The van der Waals surface area contributed by atoms with Crippen LogP contribution in [0, 0.1) is 0 Å². The standard InChI is InChI=1S/C26H22O5/c1-3-29-23-15-13-21(17-9-5-7-11-19(17)23)25(27)31-26(28)22-14-16-24(30-4-2)20-12-8-6-10-18(20)22/h5-16H,3-4H2,1-2H3. The van der Waals surface area contributed by atoms with Gasteiger partial charge in [-0.2, -0.15) is 0 Å². The predicted molar refractivity (Wildman–Crippen MR) is 120 cm³/mol. The van der Waals surface area contributed by atoms with Crippen LogP contribution in [0.25, 0.3) is 21.5 Å². The Labute approximate surface area is 180 Å². The molecule has 5 heteroatoms. The molecule has 4 aromatic rings. The zero-order valence-corrected chi connectivity index (χ0v) is 17.4. The fourth-order valence-electron chi connectivity index (χ4n) is 3.66. The Morgan fingerprint density at radius 3 is 1.35 bits per heavy atom. The van der Waals surface area contributed by atoms with Crippen molar-refractivity contribution in [3.8, 4) is 11.5 Å². The summed E-state index contributed by atoms with van der Waals surface area (Å²) >= 11 is 0. The average molecular weight is 414 g/mol. The molecule has 4 rings (SSSR count). The van der Waals surface area contributed by atoms with Crippen molar-refractivity contribution < 1.29 is 23.8 Å². The first-order valence-corrected chi connectivity index (χ1v) is 10.2. The van der Waals surface area contributed by atoms with Crippen molar-refractivity contribution in [2.45, 2.75) is 13.8 Å². The number of hydrogen-bond donors (Lipinski definition) is 0. The molecule has 0 aliphatic heterocycles. The summed E-state index contributed by atoms with van der Waals surface area (Å²) < 4.78 is 16.6. The molecule has 0 saturated heterocycles. The smallest absolute Gasteiger partial charge is 0.346 e. The molecule has 0 unspecified atom stereocenters. The lowest BCUT2D eigenvalue weighted by atomic mass is 10.0. The Kier molecular flexibility index (Phi) is 5.85. The van der Waals surface area contributed by atoms with E-state index in [9.17, 15) is 9.59 Å². The molecule has 0 amide bonds. The summed E-state index contributed by atoms with van der Waals surface area (Å²) in [5, 5.41) is 2.92. The maximum absolute atomic E-state index is 12.9. The summed E-state index contributed by atoms with van der Waals surface area (Å²) in [6.07, 6.45) is 0. The van der Waals surface area contributed by atoms with Crippen LogP contribution >= 0.6 is 0 Å². The van der Waals surface area contributed by atoms with E-state index >= 15 is 0 Å². The van der Waals surface area contributed by atoms with Gasteiger partial charge in [0.1, 0.15) is 11.5 Å². The van der Waals surface area contributed by atoms with Gasteiger partial charge in [0.15, 0.2) is 0 Å². The maximum Gasteiger partial charge on any atom is 0.346 e. The van der Waals surface area contributed by atoms with Crippen LogP contribution in [0.1, 0.15) is 34.6 Å². The SMILES string of the molecule is CCOc1ccc(C(=O)OC(=O)c2ccc(OCC)c3ccccc23)c2ccccc12. The average Bonchev–Trinajstić information content (AvgIpc) is 2.79. The van der Waals surface area contributed by atoms with Crippen LogP contribution in [0.15, 0.2) is 72.8 Å². The summed E-state index contributed by atoms with van der Waals surface area (Å²) in [5.74, 6) is -0.0543. The highest BCUT2D eigenvalue weighted by atomic mass is 16.6. The molecule has 0 bridgehead atoms. The first-order valence-electron chi connectivity index (χ1n) is 10.2. The molecule has 31 heavy (non-hydrogen) atoms. The van der Waals surface area contributed by atoms with Gasteiger partial charge in [-0.15, -0.1) is 0 Å². The first kappa shape index (κ1) is 20.4. The maximum atomic E-state index is 12.9. The van der Waals surface area contributed by atoms with Crippen LogP contribution in [0.5, 0.6) is 11.5 Å². The fraction of sp³-hybridized carbons (Fsp3) is 0.154. The van der Waals surface area contributed by atoms with E-state index in [-0.39, 0.29) is 0 Å². The molecule has 0 spiro atoms. The minimum atomic E-state index is -0.706. The Balaban J connectivity index is 1.68. The monoisotopic (exact) mass is 414 g/mol. The van der Waals surface area contributed by atoms with Crippen molar-refractivity contribution in [1.29, 1.82) is 0 Å². The van der Waals surface area contributed by atoms with Crippen molar-refractivity contribution in [2.75, 3.05) is 13.2 Å². The zero-order chi connectivity index (χ0) is 21.8. The van der Waals surface area contributed by atoms with Crippen LogP contribution < -0.4 is 9.47 Å². The summed E-state index contributed by atoms with van der Waals surface area (Å²) in [6, 6.07) is 21.5. The van der Waals surface area contributed by atoms with Crippen LogP contribution in [-0.2, 0) is 4.74 Å². The van der Waals surface area contributed by atoms with Crippen LogP contribution in [0.3, 0.4) is 0 Å². The minimum Gasteiger partial charge on any atom is -0.493 e. The van der Waals surface area contributed by atoms with Crippen molar-refractivity contribution in [2.24, 2.45) is 0 Å². The van der Waals surface area contributed by atoms with Gasteiger partial charge in [-0.25, -0.2) is 9.59 Å². The molecule has 0 aliphatic rings. The second-order valence-corrected chi connectivity index (χ2v) is 6.86. The largest absolute Gasteiger partial charge is 0.493 e. The first-order chi connectivity index (χ1) is 15.1. The quantitative estimate of drug-likeness (QED) is 0.295. The highest BCUT2D eigenvalue weighted by Gasteiger charge is 2.21. The molecule has 0 saturated carbocycles. The number of carbonyl (C=O) groups excluding carboxylic acids is 2. The van der Waals surface area contributed by atoms with Gasteiger partial charge in [0, 0.05) is 10.8 Å². The molecule has 5 nitrogen and oxygen atoms in total. The van der Waals surface area contributed by atoms with E-state index < -0.39 is 11.9 Å². The molecule has 0 atom stereocenters. The van der Waals surface area contributed by atoms with E-state index in [0.717, 1.165) is 10.8 Å². The predicted octanol–water partition coefficient (Wildman–Crippen LogP) is 5.79. The number of carbonyl (C=O) groups is 2. The summed E-state index contributed by atoms with van der Waals surface area (Å²) in [7, 11) is 0. The van der Waals surface area contributed by atoms with Crippen molar-refractivity contribution in [1.82, 2.24) is 0 Å². The topological polar surface area (TPSA) is 61.8 Å². The third-order valence-electron chi connectivity index (χ3n) is 4.99. The summed E-state index contributed by atoms with van der Waals surface area (Å²) in [5.41, 5.74) is 0.616. The minimum absolute atomic E-state index is 0.308. The van der Waals surface area contributed by atoms with E-state index in [4.69, 9.17) is 14.2 Å². The lowest BCUT2D eigenvalue weighted by Crippen LogP contribution is -2.14. The number of benzene rings is 4. The summed E-state index contributed by atoms with van der Waals surface area (Å²) in [4.78, 5) is 25.8. The van der Waals surface area contributed by atoms with Crippen molar-refractivity contribution in [3.63, 3.8) is 0 Å². The lowest BCUT2D eigenvalue weighted by Gasteiger charge is -2.12. The fourth-order valence-corrected chi connectivity index (χ4v) is 3.66. The third kappa shape index (κ3) is 3.94. The van der Waals surface area contributed by atoms with E-state index in [1.807, 2.05) is 62.4 Å². The highest BCUT2D eigenvalue weighted by Crippen LogP contribution is 2.31. The number of esters is 2. The normalized spacial score (nSPS) is 10.8. The van der Waals surface area contributed by atoms with E-state index in [2.05, 4.69) is 0 Å². The van der Waals surface area contributed by atoms with Crippen LogP contribution in [0.2, 0.25) is 0 Å². The Morgan fingerprint density at radius 2 is 0.968 bits per heavy atom. The highest BCUT2D eigenvalue weighted by molar-refractivity contribution is 6.14. The zero-order valence-electron chi connectivity index (χ0n) is 17.4. The van der Waals surface area contributed by atoms with Gasteiger partial charge in [0.05, 0.1) is 24.3 Å². The second-order valence-electron chi connectivity index (χ2n) is 6.86. The van der Waals surface area contributed by atoms with E-state index in [0.29, 0.717) is 46.6 Å². The van der Waals surface area contributed by atoms with Crippen LogP contribution in [-0.4, -0.2) is 25.2 Å². The van der Waals surface area contributed by atoms with Gasteiger partial charge in [-0.05, 0) is 48.9 Å². The Bertz CT molecular complexity index is 1180. The van der Waals surface area contributed by atoms with Gasteiger partial charge in [-0.1, -0.05) is 48.5 Å². The van der Waals surface area contributed by atoms with Crippen molar-refractivity contribution in [3.05, 3.63) is 83.9 Å². The van der Waals surface area contributed by atoms with Gasteiger partial charge in [0.2, 0.25) is 0 Å².